The standard InChI is InChI=1S/C24H15Cl2F7N2O2S/c1-2-15(23(37)35-21-19(29)17(27)16(24(31,32)33)18(28)20(21)30)38-12-5-3-4-11(9-12)34-22(36)13-7-6-10(25)8-14(13)26/h3-9,15H,2H2,1H3,(H,34,36)(H,35,37). The third-order valence-electron chi connectivity index (χ3n) is 5.00. The number of nitrogens with one attached hydrogen (secondary N) is 2. The lowest BCUT2D eigenvalue weighted by Crippen LogP contribution is -2.27. The zero-order chi connectivity index (χ0) is 28.4. The molecule has 2 amide bonds. The van der Waals surface area contributed by atoms with Gasteiger partial charge in [-0.2, -0.15) is 13.2 Å². The van der Waals surface area contributed by atoms with Crippen LogP contribution < -0.4 is 10.6 Å². The number of carbonyl (C=O) groups excluding carboxylic acids is 2. The highest BCUT2D eigenvalue weighted by atomic mass is 35.5. The molecule has 0 saturated carbocycles. The SMILES string of the molecule is CCC(Sc1cccc(NC(=O)c2ccc(Cl)cc2Cl)c1)C(=O)Nc1c(F)c(F)c(C(F)(F)F)c(F)c1F. The molecule has 3 aromatic carbocycles. The molecular weight excluding hydrogens is 584 g/mol. The quantitative estimate of drug-likeness (QED) is 0.163. The number of anilines is 2. The Labute approximate surface area is 225 Å². The van der Waals surface area contributed by atoms with Crippen molar-refractivity contribution in [3.63, 3.8) is 0 Å². The van der Waals surface area contributed by atoms with Crippen molar-refractivity contribution in [3.8, 4) is 0 Å². The van der Waals surface area contributed by atoms with Gasteiger partial charge >= 0.3 is 6.18 Å². The molecule has 0 aliphatic carbocycles. The van der Waals surface area contributed by atoms with Crippen LogP contribution in [0.1, 0.15) is 29.3 Å². The molecule has 1 atom stereocenters. The second kappa shape index (κ2) is 11.8. The zero-order valence-corrected chi connectivity index (χ0v) is 21.3. The van der Waals surface area contributed by atoms with Gasteiger partial charge in [-0.05, 0) is 42.8 Å². The third-order valence-corrected chi connectivity index (χ3v) is 6.91. The number of rotatable bonds is 7. The van der Waals surface area contributed by atoms with Crippen LogP contribution >= 0.6 is 35.0 Å². The van der Waals surface area contributed by atoms with Crippen LogP contribution in [0.3, 0.4) is 0 Å². The summed E-state index contributed by atoms with van der Waals surface area (Å²) in [4.78, 5) is 25.6. The minimum Gasteiger partial charge on any atom is -0.322 e. The van der Waals surface area contributed by atoms with E-state index in [1.807, 2.05) is 0 Å². The van der Waals surface area contributed by atoms with E-state index >= 15 is 0 Å². The molecule has 2 N–H and O–H groups in total. The second-order valence-electron chi connectivity index (χ2n) is 7.61. The highest BCUT2D eigenvalue weighted by molar-refractivity contribution is 8.00. The van der Waals surface area contributed by atoms with Crippen LogP contribution in [0.4, 0.5) is 42.1 Å². The molecule has 0 fully saturated rings. The first-order valence-electron chi connectivity index (χ1n) is 10.5. The molecule has 0 aliphatic rings. The Hall–Kier alpha value is -2.96. The molecule has 4 nitrogen and oxygen atoms in total. The van der Waals surface area contributed by atoms with Crippen LogP contribution in [0, 0.1) is 23.3 Å². The number of benzene rings is 3. The fourth-order valence-corrected chi connectivity index (χ4v) is 4.71. The van der Waals surface area contributed by atoms with Gasteiger partial charge in [0, 0.05) is 15.6 Å². The van der Waals surface area contributed by atoms with Crippen molar-refractivity contribution in [3.05, 3.63) is 86.9 Å². The van der Waals surface area contributed by atoms with Crippen LogP contribution in [-0.2, 0) is 11.0 Å². The molecule has 38 heavy (non-hydrogen) atoms. The predicted octanol–water partition coefficient (Wildman–Crippen LogP) is 8.33. The van der Waals surface area contributed by atoms with E-state index in [9.17, 15) is 40.3 Å². The molecule has 0 aromatic heterocycles. The minimum atomic E-state index is -5.71. The summed E-state index contributed by atoms with van der Waals surface area (Å²) in [5, 5.41) is 3.59. The van der Waals surface area contributed by atoms with Crippen molar-refractivity contribution in [2.45, 2.75) is 29.7 Å². The zero-order valence-electron chi connectivity index (χ0n) is 19.0. The minimum absolute atomic E-state index is 0.0440. The van der Waals surface area contributed by atoms with Crippen LogP contribution in [0.25, 0.3) is 0 Å². The van der Waals surface area contributed by atoms with E-state index in [-0.39, 0.29) is 17.0 Å². The van der Waals surface area contributed by atoms with Crippen molar-refractivity contribution in [1.29, 1.82) is 0 Å². The van der Waals surface area contributed by atoms with Crippen LogP contribution in [0.15, 0.2) is 47.4 Å². The average molecular weight is 599 g/mol. The average Bonchev–Trinajstić information content (AvgIpc) is 2.83. The molecule has 1 unspecified atom stereocenters. The van der Waals surface area contributed by atoms with E-state index < -0.39 is 57.8 Å². The highest BCUT2D eigenvalue weighted by Gasteiger charge is 2.42. The molecule has 0 radical (unpaired) electrons. The maximum absolute atomic E-state index is 14.2. The van der Waals surface area contributed by atoms with E-state index in [2.05, 4.69) is 5.32 Å². The number of carbonyl (C=O) groups is 2. The smallest absolute Gasteiger partial charge is 0.322 e. The normalized spacial score (nSPS) is 12.3. The molecule has 202 valence electrons. The Kier molecular flexibility index (Phi) is 9.21. The van der Waals surface area contributed by atoms with Gasteiger partial charge in [0.15, 0.2) is 23.3 Å². The van der Waals surface area contributed by atoms with Crippen molar-refractivity contribution < 1.29 is 40.3 Å². The van der Waals surface area contributed by atoms with Crippen molar-refractivity contribution in [2.24, 2.45) is 0 Å². The Balaban J connectivity index is 1.79. The molecule has 3 rings (SSSR count). The van der Waals surface area contributed by atoms with Crippen LogP contribution in [0.5, 0.6) is 0 Å². The van der Waals surface area contributed by atoms with Crippen LogP contribution in [-0.4, -0.2) is 17.1 Å². The van der Waals surface area contributed by atoms with E-state index in [0.717, 1.165) is 11.8 Å². The number of thioether (sulfide) groups is 1. The van der Waals surface area contributed by atoms with Crippen molar-refractivity contribution >= 4 is 58.2 Å². The summed E-state index contributed by atoms with van der Waals surface area (Å²) in [5.74, 6) is -11.8. The number of amides is 2. The number of alkyl halides is 3. The molecule has 3 aromatic rings. The summed E-state index contributed by atoms with van der Waals surface area (Å²) in [7, 11) is 0. The topological polar surface area (TPSA) is 58.2 Å². The summed E-state index contributed by atoms with van der Waals surface area (Å²) in [6.45, 7) is 1.52. The van der Waals surface area contributed by atoms with E-state index in [4.69, 9.17) is 23.2 Å². The maximum atomic E-state index is 14.2. The molecule has 14 heteroatoms. The Morgan fingerprint density at radius 3 is 2.11 bits per heavy atom. The first kappa shape index (κ1) is 29.6. The van der Waals surface area contributed by atoms with Gasteiger partial charge in [-0.3, -0.25) is 9.59 Å². The Bertz CT molecular complexity index is 1370. The number of halogens is 9. The van der Waals surface area contributed by atoms with Crippen molar-refractivity contribution in [1.82, 2.24) is 0 Å². The maximum Gasteiger partial charge on any atom is 0.422 e. The molecular formula is C24H15Cl2F7N2O2S. The Morgan fingerprint density at radius 2 is 1.55 bits per heavy atom. The van der Waals surface area contributed by atoms with Gasteiger partial charge in [-0.25, -0.2) is 17.6 Å². The predicted molar refractivity (Wildman–Crippen MR) is 131 cm³/mol. The lowest BCUT2D eigenvalue weighted by Gasteiger charge is -2.18. The van der Waals surface area contributed by atoms with Gasteiger partial charge in [-0.1, -0.05) is 36.2 Å². The van der Waals surface area contributed by atoms with E-state index in [0.29, 0.717) is 15.6 Å². The van der Waals surface area contributed by atoms with E-state index in [1.54, 1.807) is 11.4 Å². The summed E-state index contributed by atoms with van der Waals surface area (Å²) < 4.78 is 94.5. The third kappa shape index (κ3) is 6.54. The molecule has 0 saturated heterocycles. The Morgan fingerprint density at radius 1 is 0.921 bits per heavy atom. The number of hydrogen-bond donors (Lipinski definition) is 2. The summed E-state index contributed by atoms with van der Waals surface area (Å²) in [5.41, 5.74) is -3.99. The monoisotopic (exact) mass is 598 g/mol. The molecule has 0 heterocycles. The molecule has 0 spiro atoms. The first-order valence-corrected chi connectivity index (χ1v) is 12.1. The van der Waals surface area contributed by atoms with Gasteiger partial charge in [0.05, 0.1) is 15.8 Å². The highest BCUT2D eigenvalue weighted by Crippen LogP contribution is 2.39. The van der Waals surface area contributed by atoms with E-state index in [1.165, 1.54) is 43.3 Å². The second-order valence-corrected chi connectivity index (χ2v) is 9.73. The van der Waals surface area contributed by atoms with Gasteiger partial charge in [0.2, 0.25) is 5.91 Å². The van der Waals surface area contributed by atoms with Crippen molar-refractivity contribution in [2.75, 3.05) is 10.6 Å². The summed E-state index contributed by atoms with van der Waals surface area (Å²) in [6.07, 6.45) is -5.66. The van der Waals surface area contributed by atoms with Gasteiger partial charge in [-0.15, -0.1) is 11.8 Å². The van der Waals surface area contributed by atoms with Gasteiger partial charge in [0.1, 0.15) is 11.3 Å². The number of hydrogen-bond acceptors (Lipinski definition) is 3. The molecule has 0 aliphatic heterocycles. The van der Waals surface area contributed by atoms with Gasteiger partial charge < -0.3 is 10.6 Å². The van der Waals surface area contributed by atoms with Gasteiger partial charge in [0.25, 0.3) is 5.91 Å². The fraction of sp³-hybridized carbons (Fsp3) is 0.167. The lowest BCUT2D eigenvalue weighted by atomic mass is 10.1. The summed E-state index contributed by atoms with van der Waals surface area (Å²) in [6, 6.07) is 10.4. The first-order chi connectivity index (χ1) is 17.7. The fourth-order valence-electron chi connectivity index (χ4n) is 3.20. The van der Waals surface area contributed by atoms with Crippen LogP contribution in [0.2, 0.25) is 10.0 Å². The summed E-state index contributed by atoms with van der Waals surface area (Å²) >= 11 is 12.7. The molecule has 0 bridgehead atoms. The largest absolute Gasteiger partial charge is 0.422 e. The lowest BCUT2D eigenvalue weighted by molar-refractivity contribution is -0.143.